The zero-order valence-corrected chi connectivity index (χ0v) is 12.2. The molecule has 4 rings (SSSR count). The van der Waals surface area contributed by atoms with Crippen molar-refractivity contribution in [1.82, 2.24) is 14.5 Å². The molecule has 2 aromatic heterocycles. The van der Waals surface area contributed by atoms with Gasteiger partial charge < -0.3 is 9.47 Å². The van der Waals surface area contributed by atoms with E-state index in [9.17, 15) is 9.59 Å². The van der Waals surface area contributed by atoms with Gasteiger partial charge in [-0.05, 0) is 30.5 Å². The van der Waals surface area contributed by atoms with Crippen LogP contribution in [-0.4, -0.2) is 33.4 Å². The molecule has 2 aliphatic heterocycles. The van der Waals surface area contributed by atoms with E-state index < -0.39 is 0 Å². The number of fused-ring (bicyclic) bond motifs is 4. The number of aromatic nitrogens is 2. The lowest BCUT2D eigenvalue weighted by atomic mass is 9.83. The first-order chi connectivity index (χ1) is 10.7. The lowest BCUT2D eigenvalue weighted by molar-refractivity contribution is 0.0594. The number of likely N-dealkylation sites (tertiary alicyclic amines) is 1. The van der Waals surface area contributed by atoms with Crippen molar-refractivity contribution in [3.63, 3.8) is 0 Å². The highest BCUT2D eigenvalue weighted by molar-refractivity contribution is 5.94. The first-order valence-electron chi connectivity index (χ1n) is 7.61. The molecule has 5 nitrogen and oxygen atoms in total. The highest BCUT2D eigenvalue weighted by atomic mass is 16.2. The summed E-state index contributed by atoms with van der Waals surface area (Å²) in [5, 5.41) is 0. The Kier molecular flexibility index (Phi) is 3.06. The minimum Gasteiger partial charge on any atom is -0.338 e. The molecule has 0 radical (unpaired) electrons. The van der Waals surface area contributed by atoms with Crippen molar-refractivity contribution in [3.05, 3.63) is 64.3 Å². The van der Waals surface area contributed by atoms with Gasteiger partial charge in [0.2, 0.25) is 0 Å². The summed E-state index contributed by atoms with van der Waals surface area (Å²) in [4.78, 5) is 30.5. The first kappa shape index (κ1) is 13.2. The standard InChI is InChI=1S/C17H17N3O2/c21-16-3-1-2-15-14-8-12(10-20(15)16)9-19(11-14)17(22)13-4-6-18-7-5-13/h1-7,12,14H,8-11H2/t12-,14+/m0/s1. The molecule has 112 valence electrons. The molecule has 2 aliphatic rings. The van der Waals surface area contributed by atoms with E-state index in [1.807, 2.05) is 21.6 Å². The van der Waals surface area contributed by atoms with E-state index in [4.69, 9.17) is 0 Å². The Morgan fingerprint density at radius 1 is 1.09 bits per heavy atom. The van der Waals surface area contributed by atoms with E-state index in [2.05, 4.69) is 4.98 Å². The molecule has 2 aromatic rings. The molecule has 2 atom stereocenters. The summed E-state index contributed by atoms with van der Waals surface area (Å²) in [5.41, 5.74) is 1.82. The number of carbonyl (C=O) groups is 1. The number of amides is 1. The van der Waals surface area contributed by atoms with E-state index in [1.165, 1.54) is 0 Å². The maximum atomic E-state index is 12.6. The van der Waals surface area contributed by atoms with Crippen molar-refractivity contribution in [2.75, 3.05) is 13.1 Å². The highest BCUT2D eigenvalue weighted by Crippen LogP contribution is 2.35. The largest absolute Gasteiger partial charge is 0.338 e. The van der Waals surface area contributed by atoms with Crippen LogP contribution in [0.3, 0.4) is 0 Å². The first-order valence-corrected chi connectivity index (χ1v) is 7.61. The van der Waals surface area contributed by atoms with Crippen LogP contribution >= 0.6 is 0 Å². The van der Waals surface area contributed by atoms with Gasteiger partial charge in [-0.15, -0.1) is 0 Å². The molecule has 0 unspecified atom stereocenters. The van der Waals surface area contributed by atoms with Crippen molar-refractivity contribution in [1.29, 1.82) is 0 Å². The van der Waals surface area contributed by atoms with Crippen molar-refractivity contribution >= 4 is 5.91 Å². The number of hydrogen-bond acceptors (Lipinski definition) is 3. The molecule has 4 heterocycles. The van der Waals surface area contributed by atoms with Crippen LogP contribution in [0, 0.1) is 5.92 Å². The molecular weight excluding hydrogens is 278 g/mol. The van der Waals surface area contributed by atoms with Crippen molar-refractivity contribution in [3.8, 4) is 0 Å². The van der Waals surface area contributed by atoms with E-state index in [0.717, 1.165) is 18.7 Å². The fourth-order valence-corrected chi connectivity index (χ4v) is 3.74. The third-order valence-electron chi connectivity index (χ3n) is 4.69. The second-order valence-corrected chi connectivity index (χ2v) is 6.14. The Bertz CT molecular complexity index is 769. The van der Waals surface area contributed by atoms with Crippen LogP contribution in [0.1, 0.15) is 28.4 Å². The SMILES string of the molecule is O=C(c1ccncc1)N1C[C@@H]2C[C@H](C1)c1cccc(=O)n1C2. The molecule has 1 fully saturated rings. The molecule has 2 bridgehead atoms. The number of hydrogen-bond donors (Lipinski definition) is 0. The van der Waals surface area contributed by atoms with E-state index in [-0.39, 0.29) is 17.4 Å². The van der Waals surface area contributed by atoms with E-state index in [1.54, 1.807) is 30.6 Å². The summed E-state index contributed by atoms with van der Waals surface area (Å²) >= 11 is 0. The van der Waals surface area contributed by atoms with Crippen LogP contribution in [0.4, 0.5) is 0 Å². The Hall–Kier alpha value is -2.43. The summed E-state index contributed by atoms with van der Waals surface area (Å²) in [6, 6.07) is 8.96. The number of pyridine rings is 2. The lowest BCUT2D eigenvalue weighted by Gasteiger charge is -2.42. The van der Waals surface area contributed by atoms with Gasteiger partial charge in [-0.3, -0.25) is 14.6 Å². The average molecular weight is 295 g/mol. The summed E-state index contributed by atoms with van der Waals surface area (Å²) in [6.07, 6.45) is 4.35. The van der Waals surface area contributed by atoms with E-state index >= 15 is 0 Å². The number of rotatable bonds is 1. The summed E-state index contributed by atoms with van der Waals surface area (Å²) in [6.45, 7) is 2.12. The van der Waals surface area contributed by atoms with Gasteiger partial charge in [-0.1, -0.05) is 6.07 Å². The van der Waals surface area contributed by atoms with Crippen molar-refractivity contribution in [2.24, 2.45) is 5.92 Å². The van der Waals surface area contributed by atoms with Gasteiger partial charge in [0.15, 0.2) is 0 Å². The second-order valence-electron chi connectivity index (χ2n) is 6.14. The Labute approximate surface area is 128 Å². The molecule has 0 spiro atoms. The normalized spacial score (nSPS) is 23.0. The smallest absolute Gasteiger partial charge is 0.253 e. The second kappa shape index (κ2) is 5.09. The fraction of sp³-hybridized carbons (Fsp3) is 0.353. The minimum absolute atomic E-state index is 0.0591. The number of carbonyl (C=O) groups excluding carboxylic acids is 1. The molecule has 1 saturated heterocycles. The third-order valence-corrected chi connectivity index (χ3v) is 4.69. The van der Waals surface area contributed by atoms with Crippen LogP contribution < -0.4 is 5.56 Å². The van der Waals surface area contributed by atoms with Gasteiger partial charge in [0.1, 0.15) is 0 Å². The molecule has 0 aromatic carbocycles. The predicted molar refractivity (Wildman–Crippen MR) is 81.7 cm³/mol. The quantitative estimate of drug-likeness (QED) is 0.801. The van der Waals surface area contributed by atoms with Gasteiger partial charge in [0.25, 0.3) is 11.5 Å². The predicted octanol–water partition coefficient (Wildman–Crippen LogP) is 1.50. The van der Waals surface area contributed by atoms with E-state index in [0.29, 0.717) is 24.6 Å². The monoisotopic (exact) mass is 295 g/mol. The fourth-order valence-electron chi connectivity index (χ4n) is 3.74. The maximum absolute atomic E-state index is 12.6. The van der Waals surface area contributed by atoms with Gasteiger partial charge in [-0.25, -0.2) is 0 Å². The van der Waals surface area contributed by atoms with Crippen LogP contribution in [0.5, 0.6) is 0 Å². The van der Waals surface area contributed by atoms with Crippen LogP contribution in [-0.2, 0) is 6.54 Å². The topological polar surface area (TPSA) is 55.2 Å². The van der Waals surface area contributed by atoms with Crippen LogP contribution in [0.15, 0.2) is 47.5 Å². The Morgan fingerprint density at radius 3 is 2.73 bits per heavy atom. The van der Waals surface area contributed by atoms with Crippen LogP contribution in [0.25, 0.3) is 0 Å². The molecule has 5 heteroatoms. The summed E-state index contributed by atoms with van der Waals surface area (Å²) < 4.78 is 1.88. The zero-order valence-electron chi connectivity index (χ0n) is 12.2. The maximum Gasteiger partial charge on any atom is 0.253 e. The summed E-state index contributed by atoms with van der Waals surface area (Å²) in [7, 11) is 0. The number of nitrogens with zero attached hydrogens (tertiary/aromatic N) is 3. The average Bonchev–Trinajstić information content (AvgIpc) is 2.56. The molecule has 0 aliphatic carbocycles. The molecule has 22 heavy (non-hydrogen) atoms. The van der Waals surface area contributed by atoms with Crippen LogP contribution in [0.2, 0.25) is 0 Å². The van der Waals surface area contributed by atoms with Gasteiger partial charge in [-0.2, -0.15) is 0 Å². The highest BCUT2D eigenvalue weighted by Gasteiger charge is 2.36. The van der Waals surface area contributed by atoms with Crippen molar-refractivity contribution < 1.29 is 4.79 Å². The van der Waals surface area contributed by atoms with Crippen molar-refractivity contribution in [2.45, 2.75) is 18.9 Å². The molecular formula is C17H17N3O2. The van der Waals surface area contributed by atoms with Gasteiger partial charge in [0, 0.05) is 55.3 Å². The minimum atomic E-state index is 0.0591. The molecule has 0 saturated carbocycles. The summed E-state index contributed by atoms with van der Waals surface area (Å²) in [5.74, 6) is 0.674. The van der Waals surface area contributed by atoms with Gasteiger partial charge >= 0.3 is 0 Å². The molecule has 0 N–H and O–H groups in total. The third kappa shape index (κ3) is 2.13. The Balaban J connectivity index is 1.64. The zero-order chi connectivity index (χ0) is 15.1. The van der Waals surface area contributed by atoms with Gasteiger partial charge in [0.05, 0.1) is 0 Å². The lowest BCUT2D eigenvalue weighted by Crippen LogP contribution is -2.49. The molecule has 1 amide bonds. The number of piperidine rings is 1. The Morgan fingerprint density at radius 2 is 1.91 bits per heavy atom.